The SMILES string of the molecule is C#CCOc1ccc(CNc2cccc([N+](=O)[O-])c2)cc1Cl. The van der Waals surface area contributed by atoms with E-state index in [2.05, 4.69) is 11.2 Å². The van der Waals surface area contributed by atoms with Crippen LogP contribution in [0.4, 0.5) is 11.4 Å². The first-order valence-electron chi connectivity index (χ1n) is 6.43. The van der Waals surface area contributed by atoms with Crippen molar-refractivity contribution >= 4 is 23.0 Å². The summed E-state index contributed by atoms with van der Waals surface area (Å²) in [7, 11) is 0. The van der Waals surface area contributed by atoms with E-state index in [0.29, 0.717) is 23.0 Å². The molecule has 2 aromatic rings. The maximum atomic E-state index is 10.7. The van der Waals surface area contributed by atoms with Gasteiger partial charge in [0.15, 0.2) is 0 Å². The molecule has 0 aliphatic carbocycles. The van der Waals surface area contributed by atoms with Gasteiger partial charge < -0.3 is 10.1 Å². The third-order valence-electron chi connectivity index (χ3n) is 2.86. The summed E-state index contributed by atoms with van der Waals surface area (Å²) in [6, 6.07) is 11.7. The summed E-state index contributed by atoms with van der Waals surface area (Å²) in [4.78, 5) is 10.3. The summed E-state index contributed by atoms with van der Waals surface area (Å²) in [5.41, 5.74) is 1.63. The van der Waals surface area contributed by atoms with Gasteiger partial charge in [0.25, 0.3) is 5.69 Å². The third-order valence-corrected chi connectivity index (χ3v) is 3.16. The van der Waals surface area contributed by atoms with Crippen molar-refractivity contribution in [2.45, 2.75) is 6.54 Å². The topological polar surface area (TPSA) is 64.4 Å². The molecule has 22 heavy (non-hydrogen) atoms. The van der Waals surface area contributed by atoms with Crippen LogP contribution < -0.4 is 10.1 Å². The van der Waals surface area contributed by atoms with E-state index in [1.165, 1.54) is 12.1 Å². The number of halogens is 1. The molecule has 2 rings (SSSR count). The van der Waals surface area contributed by atoms with Crippen LogP contribution in [0.1, 0.15) is 5.56 Å². The monoisotopic (exact) mass is 316 g/mol. The fourth-order valence-corrected chi connectivity index (χ4v) is 2.08. The number of non-ortho nitro benzene ring substituents is 1. The van der Waals surface area contributed by atoms with Gasteiger partial charge in [-0.05, 0) is 23.8 Å². The second-order valence-corrected chi connectivity index (χ2v) is 4.83. The smallest absolute Gasteiger partial charge is 0.271 e. The van der Waals surface area contributed by atoms with E-state index >= 15 is 0 Å². The number of hydrogen-bond acceptors (Lipinski definition) is 4. The van der Waals surface area contributed by atoms with Gasteiger partial charge in [-0.2, -0.15) is 0 Å². The molecule has 0 heterocycles. The highest BCUT2D eigenvalue weighted by molar-refractivity contribution is 6.32. The maximum Gasteiger partial charge on any atom is 0.271 e. The Morgan fingerprint density at radius 3 is 2.82 bits per heavy atom. The summed E-state index contributed by atoms with van der Waals surface area (Å²) in [6.45, 7) is 0.640. The lowest BCUT2D eigenvalue weighted by atomic mass is 10.2. The van der Waals surface area contributed by atoms with Crippen LogP contribution >= 0.6 is 11.6 Å². The van der Waals surface area contributed by atoms with Gasteiger partial charge in [-0.3, -0.25) is 10.1 Å². The van der Waals surface area contributed by atoms with Crippen molar-refractivity contribution in [1.29, 1.82) is 0 Å². The largest absolute Gasteiger partial charge is 0.479 e. The van der Waals surface area contributed by atoms with E-state index in [9.17, 15) is 10.1 Å². The van der Waals surface area contributed by atoms with E-state index < -0.39 is 4.92 Å². The van der Waals surface area contributed by atoms with Crippen molar-refractivity contribution in [3.05, 3.63) is 63.2 Å². The minimum absolute atomic E-state index is 0.0427. The molecule has 0 unspecified atom stereocenters. The zero-order valence-electron chi connectivity index (χ0n) is 11.6. The van der Waals surface area contributed by atoms with Crippen LogP contribution in [-0.4, -0.2) is 11.5 Å². The Balaban J connectivity index is 2.03. The number of benzene rings is 2. The number of anilines is 1. The molecule has 2 aromatic carbocycles. The number of ether oxygens (including phenoxy) is 1. The summed E-state index contributed by atoms with van der Waals surface area (Å²) < 4.78 is 5.28. The highest BCUT2D eigenvalue weighted by Crippen LogP contribution is 2.26. The van der Waals surface area contributed by atoms with Crippen LogP contribution in [0.15, 0.2) is 42.5 Å². The van der Waals surface area contributed by atoms with Crippen molar-refractivity contribution in [3.63, 3.8) is 0 Å². The summed E-state index contributed by atoms with van der Waals surface area (Å²) in [6.07, 6.45) is 5.13. The third kappa shape index (κ3) is 4.14. The van der Waals surface area contributed by atoms with E-state index in [0.717, 1.165) is 5.56 Å². The standard InChI is InChI=1S/C16H13ClN2O3/c1-2-8-22-16-7-6-12(9-15(16)17)11-18-13-4-3-5-14(10-13)19(20)21/h1,3-7,9-10,18H,8,11H2. The van der Waals surface area contributed by atoms with Gasteiger partial charge in [0.05, 0.1) is 9.95 Å². The number of rotatable bonds is 6. The average molecular weight is 317 g/mol. The number of nitro benzene ring substituents is 1. The molecule has 6 heteroatoms. The number of nitrogens with one attached hydrogen (secondary N) is 1. The van der Waals surface area contributed by atoms with Gasteiger partial charge in [0, 0.05) is 24.4 Å². The first-order valence-corrected chi connectivity index (χ1v) is 6.81. The zero-order valence-corrected chi connectivity index (χ0v) is 12.3. The van der Waals surface area contributed by atoms with Crippen LogP contribution in [0, 0.1) is 22.5 Å². The van der Waals surface area contributed by atoms with E-state index in [1.807, 2.05) is 6.07 Å². The Kier molecular flexibility index (Phi) is 5.23. The van der Waals surface area contributed by atoms with Gasteiger partial charge in [0.1, 0.15) is 12.4 Å². The van der Waals surface area contributed by atoms with Crippen LogP contribution in [0.25, 0.3) is 0 Å². The lowest BCUT2D eigenvalue weighted by Crippen LogP contribution is -2.01. The van der Waals surface area contributed by atoms with Crippen molar-refractivity contribution in [2.24, 2.45) is 0 Å². The molecule has 5 nitrogen and oxygen atoms in total. The fraction of sp³-hybridized carbons (Fsp3) is 0.125. The highest BCUT2D eigenvalue weighted by Gasteiger charge is 2.06. The van der Waals surface area contributed by atoms with Gasteiger partial charge in [-0.25, -0.2) is 0 Å². The quantitative estimate of drug-likeness (QED) is 0.499. The van der Waals surface area contributed by atoms with Crippen molar-refractivity contribution in [2.75, 3.05) is 11.9 Å². The fourth-order valence-electron chi connectivity index (χ4n) is 1.82. The molecule has 0 saturated heterocycles. The Morgan fingerprint density at radius 2 is 2.14 bits per heavy atom. The van der Waals surface area contributed by atoms with E-state index in [-0.39, 0.29) is 12.3 Å². The van der Waals surface area contributed by atoms with E-state index in [4.69, 9.17) is 22.8 Å². The molecule has 0 spiro atoms. The Hall–Kier alpha value is -2.71. The molecule has 0 aromatic heterocycles. The second-order valence-electron chi connectivity index (χ2n) is 4.42. The first kappa shape index (κ1) is 15.7. The molecule has 0 bridgehead atoms. The Bertz CT molecular complexity index is 726. The molecule has 1 N–H and O–H groups in total. The Morgan fingerprint density at radius 1 is 1.32 bits per heavy atom. The van der Waals surface area contributed by atoms with Gasteiger partial charge in [-0.15, -0.1) is 6.42 Å². The lowest BCUT2D eigenvalue weighted by Gasteiger charge is -2.09. The van der Waals surface area contributed by atoms with Crippen molar-refractivity contribution in [1.82, 2.24) is 0 Å². The van der Waals surface area contributed by atoms with Crippen molar-refractivity contribution < 1.29 is 9.66 Å². The molecule has 0 aliphatic rings. The van der Waals surface area contributed by atoms with Crippen LogP contribution in [0.2, 0.25) is 5.02 Å². The van der Waals surface area contributed by atoms with Crippen LogP contribution in [0.3, 0.4) is 0 Å². The predicted octanol–water partition coefficient (Wildman–Crippen LogP) is 3.87. The summed E-state index contributed by atoms with van der Waals surface area (Å²) in [5.74, 6) is 2.90. The van der Waals surface area contributed by atoms with Crippen molar-refractivity contribution in [3.8, 4) is 18.1 Å². The predicted molar refractivity (Wildman–Crippen MR) is 86.2 cm³/mol. The molecule has 112 valence electrons. The molecule has 0 amide bonds. The Labute approximate surface area is 133 Å². The molecule has 0 atom stereocenters. The van der Waals surface area contributed by atoms with Crippen LogP contribution in [-0.2, 0) is 6.54 Å². The highest BCUT2D eigenvalue weighted by atomic mass is 35.5. The second kappa shape index (κ2) is 7.34. The first-order chi connectivity index (χ1) is 10.6. The molecular weight excluding hydrogens is 304 g/mol. The number of nitro groups is 1. The zero-order chi connectivity index (χ0) is 15.9. The average Bonchev–Trinajstić information content (AvgIpc) is 2.52. The molecule has 0 radical (unpaired) electrons. The van der Waals surface area contributed by atoms with Gasteiger partial charge >= 0.3 is 0 Å². The number of terminal acetylenes is 1. The van der Waals surface area contributed by atoms with E-state index in [1.54, 1.807) is 24.3 Å². The minimum atomic E-state index is -0.431. The van der Waals surface area contributed by atoms with Gasteiger partial charge in [-0.1, -0.05) is 29.7 Å². The van der Waals surface area contributed by atoms with Crippen LogP contribution in [0.5, 0.6) is 5.75 Å². The van der Waals surface area contributed by atoms with Gasteiger partial charge in [0.2, 0.25) is 0 Å². The molecule has 0 aliphatic heterocycles. The maximum absolute atomic E-state index is 10.7. The summed E-state index contributed by atoms with van der Waals surface area (Å²) in [5, 5.41) is 14.3. The molecule has 0 fully saturated rings. The normalized spacial score (nSPS) is 9.82. The minimum Gasteiger partial charge on any atom is -0.479 e. The molecular formula is C16H13ClN2O3. The lowest BCUT2D eigenvalue weighted by molar-refractivity contribution is -0.384. The molecule has 0 saturated carbocycles. The number of nitrogens with zero attached hydrogens (tertiary/aromatic N) is 1. The summed E-state index contributed by atoms with van der Waals surface area (Å²) >= 11 is 6.10. The number of hydrogen-bond donors (Lipinski definition) is 1.